The zero-order valence-electron chi connectivity index (χ0n) is 7.11. The first-order valence-electron chi connectivity index (χ1n) is 3.87. The van der Waals surface area contributed by atoms with Gasteiger partial charge in [-0.25, -0.2) is 10.4 Å². The topological polar surface area (TPSA) is 86.7 Å². The van der Waals surface area contributed by atoms with Crippen molar-refractivity contribution >= 4 is 17.8 Å². The first-order chi connectivity index (χ1) is 6.02. The van der Waals surface area contributed by atoms with E-state index < -0.39 is 12.0 Å². The first-order valence-corrected chi connectivity index (χ1v) is 3.87. The summed E-state index contributed by atoms with van der Waals surface area (Å²) >= 11 is 0. The molecule has 0 aliphatic carbocycles. The lowest BCUT2D eigenvalue weighted by Crippen LogP contribution is -2.49. The average Bonchev–Trinajstić information content (AvgIpc) is 2.35. The summed E-state index contributed by atoms with van der Waals surface area (Å²) in [7, 11) is 0. The number of carbonyl (C=O) groups excluding carboxylic acids is 2. The summed E-state index contributed by atoms with van der Waals surface area (Å²) in [5.41, 5.74) is 2.31. The van der Waals surface area contributed by atoms with E-state index in [1.807, 2.05) is 0 Å². The molecule has 0 bridgehead atoms. The largest absolute Gasteiger partial charge is 0.480 e. The zero-order chi connectivity index (χ0) is 10.0. The lowest BCUT2D eigenvalue weighted by Gasteiger charge is -2.17. The molecule has 1 heterocycles. The Morgan fingerprint density at radius 2 is 1.92 bits per heavy atom. The van der Waals surface area contributed by atoms with Gasteiger partial charge in [0.25, 0.3) is 0 Å². The Morgan fingerprint density at radius 1 is 1.46 bits per heavy atom. The Bertz CT molecular complexity index is 247. The van der Waals surface area contributed by atoms with E-state index in [0.29, 0.717) is 0 Å². The molecule has 1 fully saturated rings. The summed E-state index contributed by atoms with van der Waals surface area (Å²) in [5, 5.41) is 9.28. The number of nitrogens with zero attached hydrogens (tertiary/aromatic N) is 1. The van der Waals surface area contributed by atoms with E-state index in [9.17, 15) is 14.4 Å². The van der Waals surface area contributed by atoms with E-state index in [2.05, 4.69) is 5.43 Å². The van der Waals surface area contributed by atoms with Crippen LogP contribution in [0.25, 0.3) is 0 Å². The number of hydrazine groups is 1. The lowest BCUT2D eigenvalue weighted by atomic mass is 10.4. The summed E-state index contributed by atoms with van der Waals surface area (Å²) in [6, 6.07) is -0.939. The van der Waals surface area contributed by atoms with Crippen LogP contribution in [0.4, 0.5) is 0 Å². The van der Waals surface area contributed by atoms with Crippen molar-refractivity contribution in [3.8, 4) is 0 Å². The molecule has 1 atom stereocenters. The van der Waals surface area contributed by atoms with Crippen LogP contribution in [0.5, 0.6) is 0 Å². The molecule has 0 aromatic rings. The van der Waals surface area contributed by atoms with Crippen LogP contribution in [-0.2, 0) is 14.4 Å². The number of imide groups is 1. The van der Waals surface area contributed by atoms with Gasteiger partial charge in [-0.15, -0.1) is 0 Å². The molecule has 2 N–H and O–H groups in total. The third-order valence-electron chi connectivity index (χ3n) is 1.74. The van der Waals surface area contributed by atoms with Crippen molar-refractivity contribution in [2.45, 2.75) is 25.8 Å². The van der Waals surface area contributed by atoms with Crippen molar-refractivity contribution in [1.82, 2.24) is 10.4 Å². The Hall–Kier alpha value is -1.43. The lowest BCUT2D eigenvalue weighted by molar-refractivity contribution is -0.147. The number of nitrogens with one attached hydrogen (secondary N) is 1. The Morgan fingerprint density at radius 3 is 2.31 bits per heavy atom. The molecular weight excluding hydrogens is 176 g/mol. The molecule has 72 valence electrons. The molecule has 0 spiro atoms. The number of carbonyl (C=O) groups is 3. The molecule has 6 heteroatoms. The molecule has 2 amide bonds. The average molecular weight is 186 g/mol. The maximum absolute atomic E-state index is 11.0. The Labute approximate surface area is 74.5 Å². The smallest absolute Gasteiger partial charge is 0.322 e. The summed E-state index contributed by atoms with van der Waals surface area (Å²) < 4.78 is 0. The molecule has 1 aliphatic rings. The van der Waals surface area contributed by atoms with E-state index in [1.54, 1.807) is 0 Å². The standard InChI is InChI=1S/C7H10N2O4/c1-4(7(12)13)8-9-5(10)2-3-6(9)11/h4,8H,2-3H2,1H3,(H,12,13)/t4-/m0/s1. The van der Waals surface area contributed by atoms with Gasteiger partial charge in [-0.1, -0.05) is 0 Å². The van der Waals surface area contributed by atoms with Crippen molar-refractivity contribution in [3.63, 3.8) is 0 Å². The summed E-state index contributed by atoms with van der Waals surface area (Å²) in [5.74, 6) is -1.86. The number of carboxylic acid groups (broad SMARTS) is 1. The van der Waals surface area contributed by atoms with Gasteiger partial charge >= 0.3 is 5.97 Å². The summed E-state index contributed by atoms with van der Waals surface area (Å²) in [4.78, 5) is 32.4. The minimum atomic E-state index is -1.10. The Balaban J connectivity index is 2.57. The second-order valence-electron chi connectivity index (χ2n) is 2.81. The van der Waals surface area contributed by atoms with Gasteiger partial charge < -0.3 is 5.11 Å². The molecular formula is C7H10N2O4. The van der Waals surface area contributed by atoms with Crippen molar-refractivity contribution in [2.24, 2.45) is 0 Å². The van der Waals surface area contributed by atoms with E-state index in [4.69, 9.17) is 5.11 Å². The highest BCUT2D eigenvalue weighted by atomic mass is 16.4. The highest BCUT2D eigenvalue weighted by molar-refractivity contribution is 6.01. The van der Waals surface area contributed by atoms with Crippen LogP contribution in [-0.4, -0.2) is 33.9 Å². The summed E-state index contributed by atoms with van der Waals surface area (Å²) in [6.07, 6.45) is 0.302. The molecule has 0 aromatic heterocycles. The highest BCUT2D eigenvalue weighted by Crippen LogP contribution is 2.08. The fourth-order valence-electron chi connectivity index (χ4n) is 0.969. The van der Waals surface area contributed by atoms with Crippen LogP contribution < -0.4 is 5.43 Å². The molecule has 0 unspecified atom stereocenters. The molecule has 1 saturated heterocycles. The van der Waals surface area contributed by atoms with Crippen LogP contribution in [0.1, 0.15) is 19.8 Å². The van der Waals surface area contributed by atoms with Gasteiger partial charge in [0, 0.05) is 12.8 Å². The van der Waals surface area contributed by atoms with Crippen molar-refractivity contribution in [3.05, 3.63) is 0 Å². The molecule has 0 saturated carbocycles. The predicted molar refractivity (Wildman–Crippen MR) is 41.3 cm³/mol. The molecule has 0 aromatic carbocycles. The quantitative estimate of drug-likeness (QED) is 0.558. The highest BCUT2D eigenvalue weighted by Gasteiger charge is 2.31. The third-order valence-corrected chi connectivity index (χ3v) is 1.74. The number of rotatable bonds is 3. The number of hydrogen-bond donors (Lipinski definition) is 2. The zero-order valence-corrected chi connectivity index (χ0v) is 7.11. The normalized spacial score (nSPS) is 19.3. The van der Waals surface area contributed by atoms with Gasteiger partial charge in [0.15, 0.2) is 0 Å². The molecule has 13 heavy (non-hydrogen) atoms. The van der Waals surface area contributed by atoms with Crippen molar-refractivity contribution < 1.29 is 19.5 Å². The van der Waals surface area contributed by atoms with Crippen molar-refractivity contribution in [1.29, 1.82) is 0 Å². The van der Waals surface area contributed by atoms with Gasteiger partial charge in [0.05, 0.1) is 0 Å². The maximum Gasteiger partial charge on any atom is 0.322 e. The van der Waals surface area contributed by atoms with Gasteiger partial charge in [-0.2, -0.15) is 0 Å². The van der Waals surface area contributed by atoms with Gasteiger partial charge in [0.2, 0.25) is 11.8 Å². The van der Waals surface area contributed by atoms with E-state index in [1.165, 1.54) is 6.92 Å². The summed E-state index contributed by atoms with van der Waals surface area (Å²) in [6.45, 7) is 1.36. The fourth-order valence-corrected chi connectivity index (χ4v) is 0.969. The number of amides is 2. The van der Waals surface area contributed by atoms with Crippen LogP contribution in [0.15, 0.2) is 0 Å². The fraction of sp³-hybridized carbons (Fsp3) is 0.571. The van der Waals surface area contributed by atoms with Crippen molar-refractivity contribution in [2.75, 3.05) is 0 Å². The van der Waals surface area contributed by atoms with E-state index in [0.717, 1.165) is 5.01 Å². The second-order valence-corrected chi connectivity index (χ2v) is 2.81. The van der Waals surface area contributed by atoms with Crippen LogP contribution in [0, 0.1) is 0 Å². The number of hydrogen-bond acceptors (Lipinski definition) is 4. The Kier molecular flexibility index (Phi) is 2.62. The predicted octanol–water partition coefficient (Wildman–Crippen LogP) is -0.887. The van der Waals surface area contributed by atoms with E-state index >= 15 is 0 Å². The first kappa shape index (κ1) is 9.66. The minimum Gasteiger partial charge on any atom is -0.480 e. The minimum absolute atomic E-state index is 0.151. The maximum atomic E-state index is 11.0. The molecule has 0 radical (unpaired) electrons. The van der Waals surface area contributed by atoms with Gasteiger partial charge in [-0.05, 0) is 6.92 Å². The molecule has 1 aliphatic heterocycles. The monoisotopic (exact) mass is 186 g/mol. The SMILES string of the molecule is C[C@H](NN1C(=O)CCC1=O)C(=O)O. The molecule has 1 rings (SSSR count). The number of aliphatic carboxylic acids is 1. The third kappa shape index (κ3) is 2.03. The van der Waals surface area contributed by atoms with Crippen LogP contribution in [0.3, 0.4) is 0 Å². The van der Waals surface area contributed by atoms with Gasteiger partial charge in [-0.3, -0.25) is 14.4 Å². The molecule has 6 nitrogen and oxygen atoms in total. The van der Waals surface area contributed by atoms with Crippen LogP contribution in [0.2, 0.25) is 0 Å². The second kappa shape index (κ2) is 3.53. The van der Waals surface area contributed by atoms with Crippen LogP contribution >= 0.6 is 0 Å². The van der Waals surface area contributed by atoms with E-state index in [-0.39, 0.29) is 24.7 Å². The number of carboxylic acids is 1. The van der Waals surface area contributed by atoms with Gasteiger partial charge in [0.1, 0.15) is 6.04 Å².